The van der Waals surface area contributed by atoms with E-state index >= 15 is 0 Å². The van der Waals surface area contributed by atoms with E-state index in [0.717, 1.165) is 13.8 Å². The molecule has 1 rings (SSSR count). The summed E-state index contributed by atoms with van der Waals surface area (Å²) in [5.41, 5.74) is 0.429. The number of carbonyl (C=O) groups is 3. The Hall–Kier alpha value is -2.02. The molecule has 0 aliphatic rings. The second kappa shape index (κ2) is 5.96. The fraction of sp³-hybridized carbons (Fsp3) is 0.308. The molecule has 6 nitrogen and oxygen atoms in total. The van der Waals surface area contributed by atoms with Crippen molar-refractivity contribution < 1.29 is 27.9 Å². The summed E-state index contributed by atoms with van der Waals surface area (Å²) in [5.74, 6) is -2.52. The van der Waals surface area contributed by atoms with Crippen molar-refractivity contribution in [1.29, 1.82) is 0 Å². The van der Waals surface area contributed by atoms with Gasteiger partial charge in [0.05, 0.1) is 11.3 Å². The number of benzene rings is 1. The predicted octanol–water partition coefficient (Wildman–Crippen LogP) is 0.634. The van der Waals surface area contributed by atoms with E-state index in [2.05, 4.69) is 0 Å². The molecule has 0 heterocycles. The van der Waals surface area contributed by atoms with E-state index < -0.39 is 32.6 Å². The molecule has 1 aromatic carbocycles. The monoisotopic (exact) mass is 298 g/mol. The zero-order chi connectivity index (χ0) is 15.5. The minimum absolute atomic E-state index is 0.179. The van der Waals surface area contributed by atoms with Crippen molar-refractivity contribution in [2.45, 2.75) is 30.4 Å². The van der Waals surface area contributed by atoms with Crippen LogP contribution in [0.15, 0.2) is 29.2 Å². The first kappa shape index (κ1) is 16.0. The van der Waals surface area contributed by atoms with Crippen molar-refractivity contribution in [3.05, 3.63) is 29.8 Å². The molecule has 0 aromatic heterocycles. The summed E-state index contributed by atoms with van der Waals surface area (Å²) in [4.78, 5) is 33.0. The van der Waals surface area contributed by atoms with Gasteiger partial charge in [-0.1, -0.05) is 12.1 Å². The Balaban J connectivity index is 3.19. The van der Waals surface area contributed by atoms with Gasteiger partial charge in [-0.3, -0.25) is 14.4 Å². The van der Waals surface area contributed by atoms with Crippen LogP contribution in [0.4, 0.5) is 0 Å². The Bertz CT molecular complexity index is 628. The van der Waals surface area contributed by atoms with Gasteiger partial charge in [0.1, 0.15) is 0 Å². The summed E-state index contributed by atoms with van der Waals surface area (Å²) in [6, 6.07) is 5.09. The molecule has 0 bridgehead atoms. The van der Waals surface area contributed by atoms with Crippen molar-refractivity contribution in [2.75, 3.05) is 0 Å². The number of carboxylic acid groups (broad SMARTS) is 1. The van der Waals surface area contributed by atoms with Crippen LogP contribution < -0.4 is 0 Å². The number of aliphatic carboxylic acids is 1. The van der Waals surface area contributed by atoms with Gasteiger partial charge in [-0.25, -0.2) is 8.42 Å². The number of ketones is 2. The summed E-state index contributed by atoms with van der Waals surface area (Å²) in [5, 5.41) is 6.91. The molecule has 0 fully saturated rings. The first-order valence-corrected chi connectivity index (χ1v) is 7.26. The predicted molar refractivity (Wildman–Crippen MR) is 70.1 cm³/mol. The molecular weight excluding hydrogens is 284 g/mol. The number of rotatable bonds is 6. The van der Waals surface area contributed by atoms with E-state index in [9.17, 15) is 22.8 Å². The van der Waals surface area contributed by atoms with Gasteiger partial charge in [-0.15, -0.1) is 0 Å². The Kier molecular flexibility index (Phi) is 4.78. The maximum Gasteiger partial charge on any atom is 0.307 e. The minimum atomic E-state index is -4.09. The van der Waals surface area contributed by atoms with Crippen molar-refractivity contribution in [2.24, 2.45) is 0 Å². The van der Waals surface area contributed by atoms with E-state index in [1.165, 1.54) is 24.3 Å². The third kappa shape index (κ3) is 3.51. The highest BCUT2D eigenvalue weighted by molar-refractivity contribution is 7.93. The number of Topliss-reactive ketones (excluding diaryl/α,β-unsaturated/α-hetero) is 2. The summed E-state index contributed by atoms with van der Waals surface area (Å²) in [7, 11) is -4.09. The largest absolute Gasteiger partial charge is 0.481 e. The Morgan fingerprint density at radius 3 is 1.85 bits per heavy atom. The highest BCUT2D eigenvalue weighted by atomic mass is 32.2. The van der Waals surface area contributed by atoms with E-state index in [-0.39, 0.29) is 11.3 Å². The number of hydrogen-bond acceptors (Lipinski definition) is 5. The summed E-state index contributed by atoms with van der Waals surface area (Å²) >= 11 is 0. The number of sulfone groups is 1. The van der Waals surface area contributed by atoms with Gasteiger partial charge in [-0.05, 0) is 31.5 Å². The molecule has 1 aromatic rings. The van der Waals surface area contributed by atoms with E-state index in [0.29, 0.717) is 5.56 Å². The van der Waals surface area contributed by atoms with Crippen molar-refractivity contribution in [3.8, 4) is 0 Å². The highest BCUT2D eigenvalue weighted by Gasteiger charge is 2.35. The van der Waals surface area contributed by atoms with Gasteiger partial charge < -0.3 is 5.11 Å². The van der Waals surface area contributed by atoms with Crippen LogP contribution in [0.1, 0.15) is 19.4 Å². The molecule has 0 saturated heterocycles. The molecule has 0 radical (unpaired) electrons. The SMILES string of the molecule is CC(=O)C(C(C)=O)S(=O)(=O)c1ccc(CC(=O)O)cc1. The molecule has 0 amide bonds. The van der Waals surface area contributed by atoms with Gasteiger partial charge in [0, 0.05) is 0 Å². The summed E-state index contributed by atoms with van der Waals surface area (Å²) in [6.07, 6.45) is -0.233. The fourth-order valence-electron chi connectivity index (χ4n) is 1.83. The molecule has 0 saturated carbocycles. The van der Waals surface area contributed by atoms with Crippen molar-refractivity contribution >= 4 is 27.4 Å². The molecule has 0 aliphatic heterocycles. The minimum Gasteiger partial charge on any atom is -0.481 e. The number of hydrogen-bond donors (Lipinski definition) is 1. The summed E-state index contributed by atoms with van der Waals surface area (Å²) in [6.45, 7) is 2.09. The standard InChI is InChI=1S/C13H14O6S/c1-8(14)13(9(2)15)20(18,19)11-5-3-10(4-6-11)7-12(16)17/h3-6,13H,7H2,1-2H3,(H,16,17). The summed E-state index contributed by atoms with van der Waals surface area (Å²) < 4.78 is 24.4. The van der Waals surface area contributed by atoms with Crippen LogP contribution in [-0.4, -0.2) is 36.3 Å². The maximum atomic E-state index is 12.2. The lowest BCUT2D eigenvalue weighted by atomic mass is 10.2. The van der Waals surface area contributed by atoms with E-state index in [1.807, 2.05) is 0 Å². The average Bonchev–Trinajstić information content (AvgIpc) is 2.26. The average molecular weight is 298 g/mol. The molecule has 108 valence electrons. The third-order valence-electron chi connectivity index (χ3n) is 2.66. The van der Waals surface area contributed by atoms with Crippen LogP contribution in [-0.2, 0) is 30.6 Å². The zero-order valence-corrected chi connectivity index (χ0v) is 11.8. The molecule has 0 atom stereocenters. The molecule has 0 spiro atoms. The van der Waals surface area contributed by atoms with Crippen LogP contribution in [0.3, 0.4) is 0 Å². The van der Waals surface area contributed by atoms with Gasteiger partial charge in [0.15, 0.2) is 26.7 Å². The van der Waals surface area contributed by atoms with Gasteiger partial charge in [0.2, 0.25) is 0 Å². The van der Waals surface area contributed by atoms with Gasteiger partial charge >= 0.3 is 5.97 Å². The highest BCUT2D eigenvalue weighted by Crippen LogP contribution is 2.18. The van der Waals surface area contributed by atoms with Crippen LogP contribution in [0.2, 0.25) is 0 Å². The lowest BCUT2D eigenvalue weighted by Crippen LogP contribution is -2.35. The van der Waals surface area contributed by atoms with E-state index in [4.69, 9.17) is 5.11 Å². The fourth-order valence-corrected chi connectivity index (χ4v) is 3.49. The molecule has 1 N–H and O–H groups in total. The van der Waals surface area contributed by atoms with Crippen molar-refractivity contribution in [3.63, 3.8) is 0 Å². The van der Waals surface area contributed by atoms with Crippen LogP contribution in [0.5, 0.6) is 0 Å². The smallest absolute Gasteiger partial charge is 0.307 e. The Morgan fingerprint density at radius 1 is 1.05 bits per heavy atom. The topological polar surface area (TPSA) is 106 Å². The van der Waals surface area contributed by atoms with Gasteiger partial charge in [0.25, 0.3) is 0 Å². The Labute approximate surface area is 116 Å². The molecule has 20 heavy (non-hydrogen) atoms. The van der Waals surface area contributed by atoms with Crippen molar-refractivity contribution in [1.82, 2.24) is 0 Å². The first-order chi connectivity index (χ1) is 9.16. The quantitative estimate of drug-likeness (QED) is 0.772. The third-order valence-corrected chi connectivity index (χ3v) is 4.87. The maximum absolute atomic E-state index is 12.2. The number of carboxylic acids is 1. The molecule has 0 aliphatic carbocycles. The number of carbonyl (C=O) groups excluding carboxylic acids is 2. The van der Waals surface area contributed by atoms with Crippen LogP contribution in [0, 0.1) is 0 Å². The second-order valence-corrected chi connectivity index (χ2v) is 6.39. The molecule has 7 heteroatoms. The van der Waals surface area contributed by atoms with Crippen LogP contribution >= 0.6 is 0 Å². The normalized spacial score (nSPS) is 11.3. The lowest BCUT2D eigenvalue weighted by molar-refractivity contribution is -0.136. The first-order valence-electron chi connectivity index (χ1n) is 5.71. The molecule has 0 unspecified atom stereocenters. The van der Waals surface area contributed by atoms with Gasteiger partial charge in [-0.2, -0.15) is 0 Å². The van der Waals surface area contributed by atoms with E-state index in [1.54, 1.807) is 0 Å². The molecular formula is C13H14O6S. The zero-order valence-electron chi connectivity index (χ0n) is 11.0. The lowest BCUT2D eigenvalue weighted by Gasteiger charge is -2.12. The Morgan fingerprint density at radius 2 is 1.50 bits per heavy atom. The second-order valence-electron chi connectivity index (χ2n) is 4.36. The van der Waals surface area contributed by atoms with Crippen LogP contribution in [0.25, 0.3) is 0 Å².